The Bertz CT molecular complexity index is 638. The second kappa shape index (κ2) is 6.72. The Morgan fingerprint density at radius 1 is 1.35 bits per heavy atom. The third-order valence-corrected chi connectivity index (χ3v) is 3.45. The van der Waals surface area contributed by atoms with Crippen molar-refractivity contribution < 1.29 is 4.74 Å². The van der Waals surface area contributed by atoms with Crippen LogP contribution in [0.5, 0.6) is 5.75 Å². The molecule has 1 aromatic heterocycles. The summed E-state index contributed by atoms with van der Waals surface area (Å²) in [6, 6.07) is 10.8. The van der Waals surface area contributed by atoms with Gasteiger partial charge in [0, 0.05) is 28.3 Å². The average molecular weight is 337 g/mol. The van der Waals surface area contributed by atoms with Gasteiger partial charge in [0.25, 0.3) is 5.56 Å². The van der Waals surface area contributed by atoms with E-state index in [4.69, 9.17) is 10.5 Å². The van der Waals surface area contributed by atoms with Gasteiger partial charge in [0.2, 0.25) is 0 Å². The van der Waals surface area contributed by atoms with Gasteiger partial charge in [-0.15, -0.1) is 0 Å². The molecule has 0 fully saturated rings. The molecule has 2 N–H and O–H groups in total. The molecule has 0 radical (unpaired) electrons. The Morgan fingerprint density at radius 2 is 2.15 bits per heavy atom. The summed E-state index contributed by atoms with van der Waals surface area (Å²) in [6.45, 7) is 2.84. The first kappa shape index (κ1) is 14.8. The fourth-order valence-electron chi connectivity index (χ4n) is 1.91. The number of hydrogen-bond donors (Lipinski definition) is 1. The van der Waals surface area contributed by atoms with Crippen LogP contribution in [0.2, 0.25) is 0 Å². The molecule has 0 aliphatic carbocycles. The smallest absolute Gasteiger partial charge is 0.250 e. The van der Waals surface area contributed by atoms with Crippen LogP contribution in [-0.4, -0.2) is 11.2 Å². The average Bonchev–Trinajstić information content (AvgIpc) is 2.41. The predicted molar refractivity (Wildman–Crippen MR) is 82.9 cm³/mol. The number of rotatable bonds is 5. The van der Waals surface area contributed by atoms with Crippen LogP contribution in [0.25, 0.3) is 0 Å². The molecule has 1 unspecified atom stereocenters. The lowest BCUT2D eigenvalue weighted by molar-refractivity contribution is 0.292. The third kappa shape index (κ3) is 3.71. The van der Waals surface area contributed by atoms with Gasteiger partial charge in [0.1, 0.15) is 12.4 Å². The quantitative estimate of drug-likeness (QED) is 0.913. The molecule has 0 aliphatic rings. The fraction of sp³-hybridized carbons (Fsp3) is 0.267. The molecule has 0 bridgehead atoms. The van der Waals surface area contributed by atoms with Crippen LogP contribution in [0, 0.1) is 0 Å². The number of nitrogens with zero attached hydrogens (tertiary/aromatic N) is 1. The second-order valence-electron chi connectivity index (χ2n) is 4.55. The Kier molecular flexibility index (Phi) is 4.98. The van der Waals surface area contributed by atoms with Crippen molar-refractivity contribution in [1.82, 2.24) is 4.57 Å². The maximum absolute atomic E-state index is 11.6. The molecule has 0 saturated carbocycles. The zero-order valence-electron chi connectivity index (χ0n) is 11.3. The van der Waals surface area contributed by atoms with Gasteiger partial charge in [-0.3, -0.25) is 4.79 Å². The van der Waals surface area contributed by atoms with E-state index in [9.17, 15) is 4.79 Å². The Morgan fingerprint density at radius 3 is 2.85 bits per heavy atom. The number of hydrogen-bond acceptors (Lipinski definition) is 3. The molecule has 106 valence electrons. The van der Waals surface area contributed by atoms with E-state index in [0.29, 0.717) is 13.2 Å². The maximum Gasteiger partial charge on any atom is 0.250 e. The van der Waals surface area contributed by atoms with E-state index >= 15 is 0 Å². The summed E-state index contributed by atoms with van der Waals surface area (Å²) in [5, 5.41) is 0. The first-order chi connectivity index (χ1) is 9.58. The highest BCUT2D eigenvalue weighted by Gasteiger charge is 2.08. The predicted octanol–water partition coefficient (Wildman–Crippen LogP) is 2.71. The first-order valence-electron chi connectivity index (χ1n) is 6.41. The standard InChI is InChI=1S/C15H17BrN2O2/c1-11(17)13-6-5-12(16)10-14(13)20-9-8-18-7-3-2-4-15(18)19/h2-7,10-11H,8-9,17H2,1H3. The van der Waals surface area contributed by atoms with Crippen molar-refractivity contribution in [2.45, 2.75) is 19.5 Å². The van der Waals surface area contributed by atoms with Crippen LogP contribution in [0.4, 0.5) is 0 Å². The lowest BCUT2D eigenvalue weighted by Crippen LogP contribution is -2.21. The minimum Gasteiger partial charge on any atom is -0.491 e. The van der Waals surface area contributed by atoms with E-state index in [1.54, 1.807) is 16.8 Å². The minimum atomic E-state index is -0.0995. The highest BCUT2D eigenvalue weighted by Crippen LogP contribution is 2.27. The van der Waals surface area contributed by atoms with Gasteiger partial charge in [-0.25, -0.2) is 0 Å². The fourth-order valence-corrected chi connectivity index (χ4v) is 2.25. The van der Waals surface area contributed by atoms with Crippen molar-refractivity contribution in [2.24, 2.45) is 5.73 Å². The highest BCUT2D eigenvalue weighted by atomic mass is 79.9. The molecule has 5 heteroatoms. The number of benzene rings is 1. The van der Waals surface area contributed by atoms with Crippen molar-refractivity contribution in [2.75, 3.05) is 6.61 Å². The Balaban J connectivity index is 2.06. The summed E-state index contributed by atoms with van der Waals surface area (Å²) in [5.41, 5.74) is 6.84. The lowest BCUT2D eigenvalue weighted by Gasteiger charge is -2.15. The molecular weight excluding hydrogens is 320 g/mol. The van der Waals surface area contributed by atoms with Gasteiger partial charge in [-0.2, -0.15) is 0 Å². The van der Waals surface area contributed by atoms with Crippen molar-refractivity contribution in [1.29, 1.82) is 0 Å². The van der Waals surface area contributed by atoms with E-state index in [0.717, 1.165) is 15.8 Å². The number of ether oxygens (including phenoxy) is 1. The van der Waals surface area contributed by atoms with Crippen molar-refractivity contribution in [3.63, 3.8) is 0 Å². The summed E-state index contributed by atoms with van der Waals surface area (Å²) < 4.78 is 8.32. The van der Waals surface area contributed by atoms with Crippen molar-refractivity contribution in [3.8, 4) is 5.75 Å². The molecule has 4 nitrogen and oxygen atoms in total. The van der Waals surface area contributed by atoms with E-state index in [-0.39, 0.29) is 11.6 Å². The van der Waals surface area contributed by atoms with E-state index in [2.05, 4.69) is 15.9 Å². The molecule has 0 aliphatic heterocycles. The summed E-state index contributed by atoms with van der Waals surface area (Å²) in [7, 11) is 0. The van der Waals surface area contributed by atoms with Crippen molar-refractivity contribution in [3.05, 3.63) is 63.0 Å². The zero-order chi connectivity index (χ0) is 14.5. The molecule has 0 amide bonds. The first-order valence-corrected chi connectivity index (χ1v) is 7.20. The van der Waals surface area contributed by atoms with Crippen LogP contribution in [-0.2, 0) is 6.54 Å². The van der Waals surface area contributed by atoms with Crippen LogP contribution in [0.3, 0.4) is 0 Å². The lowest BCUT2D eigenvalue weighted by atomic mass is 10.1. The van der Waals surface area contributed by atoms with Crippen LogP contribution in [0.1, 0.15) is 18.5 Å². The summed E-state index contributed by atoms with van der Waals surface area (Å²) in [6.07, 6.45) is 1.75. The topological polar surface area (TPSA) is 57.2 Å². The largest absolute Gasteiger partial charge is 0.491 e. The molecule has 20 heavy (non-hydrogen) atoms. The summed E-state index contributed by atoms with van der Waals surface area (Å²) in [4.78, 5) is 11.6. The molecule has 0 spiro atoms. The number of halogens is 1. The van der Waals surface area contributed by atoms with Gasteiger partial charge < -0.3 is 15.0 Å². The zero-order valence-corrected chi connectivity index (χ0v) is 12.8. The molecule has 1 aromatic carbocycles. The SMILES string of the molecule is CC(N)c1ccc(Br)cc1OCCn1ccccc1=O. The molecule has 1 heterocycles. The van der Waals surface area contributed by atoms with Gasteiger partial charge in [-0.05, 0) is 25.1 Å². The maximum atomic E-state index is 11.6. The molecule has 1 atom stereocenters. The Labute approximate surface area is 126 Å². The van der Waals surface area contributed by atoms with Gasteiger partial charge in [0.05, 0.1) is 6.54 Å². The third-order valence-electron chi connectivity index (χ3n) is 2.95. The number of aromatic nitrogens is 1. The van der Waals surface area contributed by atoms with E-state index < -0.39 is 0 Å². The minimum absolute atomic E-state index is 0.0299. The molecule has 2 aromatic rings. The number of pyridine rings is 1. The van der Waals surface area contributed by atoms with E-state index in [1.165, 1.54) is 6.07 Å². The van der Waals surface area contributed by atoms with Crippen LogP contribution >= 0.6 is 15.9 Å². The summed E-state index contributed by atoms with van der Waals surface area (Å²) in [5.74, 6) is 0.748. The van der Waals surface area contributed by atoms with Gasteiger partial charge in [-0.1, -0.05) is 28.1 Å². The molecule has 2 rings (SSSR count). The van der Waals surface area contributed by atoms with Crippen LogP contribution < -0.4 is 16.0 Å². The highest BCUT2D eigenvalue weighted by molar-refractivity contribution is 9.10. The molecular formula is C15H17BrN2O2. The summed E-state index contributed by atoms with van der Waals surface area (Å²) >= 11 is 3.42. The van der Waals surface area contributed by atoms with Gasteiger partial charge in [0.15, 0.2) is 0 Å². The van der Waals surface area contributed by atoms with Crippen LogP contribution in [0.15, 0.2) is 51.9 Å². The monoisotopic (exact) mass is 336 g/mol. The van der Waals surface area contributed by atoms with Gasteiger partial charge >= 0.3 is 0 Å². The van der Waals surface area contributed by atoms with E-state index in [1.807, 2.05) is 31.2 Å². The second-order valence-corrected chi connectivity index (χ2v) is 5.47. The normalized spacial score (nSPS) is 12.2. The Hall–Kier alpha value is -1.59. The number of nitrogens with two attached hydrogens (primary N) is 1. The van der Waals surface area contributed by atoms with Crippen molar-refractivity contribution >= 4 is 15.9 Å². The molecule has 0 saturated heterocycles.